The van der Waals surface area contributed by atoms with E-state index in [2.05, 4.69) is 20.8 Å². The van der Waals surface area contributed by atoms with Crippen molar-refractivity contribution in [1.82, 2.24) is 0 Å². The van der Waals surface area contributed by atoms with Gasteiger partial charge in [0.2, 0.25) is 0 Å². The van der Waals surface area contributed by atoms with Crippen LogP contribution in [0.2, 0.25) is 18.1 Å². The van der Waals surface area contributed by atoms with E-state index in [1.807, 2.05) is 0 Å². The van der Waals surface area contributed by atoms with Crippen molar-refractivity contribution in [2.24, 2.45) is 0 Å². The summed E-state index contributed by atoms with van der Waals surface area (Å²) in [6.45, 7) is 6.17. The number of hydrogen-bond acceptors (Lipinski definition) is 2. The Hall–Kier alpha value is -1.17. The van der Waals surface area contributed by atoms with E-state index in [4.69, 9.17) is 10.2 Å². The third-order valence-electron chi connectivity index (χ3n) is 3.60. The summed E-state index contributed by atoms with van der Waals surface area (Å²) in [5.74, 6) is 0.380. The summed E-state index contributed by atoms with van der Waals surface area (Å²) in [5.41, 5.74) is 5.00. The fourth-order valence-electron chi connectivity index (χ4n) is 2.02. The fourth-order valence-corrected chi connectivity index (χ4v) is 4.60. The average Bonchev–Trinajstić information content (AvgIpc) is 2.37. The van der Waals surface area contributed by atoms with Crippen molar-refractivity contribution >= 4 is 14.0 Å². The molecule has 0 bridgehead atoms. The number of hydrogen-bond donors (Lipinski definition) is 1. The van der Waals surface area contributed by atoms with E-state index in [1.165, 1.54) is 6.07 Å². The molecule has 0 aliphatic heterocycles. The third-order valence-corrected chi connectivity index (χ3v) is 8.12. The first-order valence-electron chi connectivity index (χ1n) is 6.43. The molecule has 0 radical (unpaired) electrons. The Morgan fingerprint density at radius 1 is 1.11 bits per heavy atom. The van der Waals surface area contributed by atoms with Crippen LogP contribution in [0.3, 0.4) is 0 Å². The van der Waals surface area contributed by atoms with Gasteiger partial charge in [-0.2, -0.15) is 13.2 Å². The molecule has 0 saturated heterocycles. The van der Waals surface area contributed by atoms with Crippen molar-refractivity contribution in [3.63, 3.8) is 0 Å². The average molecular weight is 291 g/mol. The second-order valence-corrected chi connectivity index (χ2v) is 9.29. The molecule has 0 saturated carbocycles. The molecule has 6 heteroatoms. The predicted molar refractivity (Wildman–Crippen MR) is 73.7 cm³/mol. The van der Waals surface area contributed by atoms with Crippen LogP contribution in [-0.2, 0) is 6.18 Å². The standard InChI is InChI=1S/C13H20F3NOSi/c1-4-19(5-2,6-3)18-12-8-7-10(9-11(12)17)13(14,15)16/h7-9H,4-6,17H2,1-3H3. The molecule has 0 aromatic heterocycles. The number of benzene rings is 1. The molecule has 1 rings (SSSR count). The SMILES string of the molecule is CC[Si](CC)(CC)Oc1ccc(C(F)(F)F)cc1N. The monoisotopic (exact) mass is 291 g/mol. The second kappa shape index (κ2) is 5.86. The first kappa shape index (κ1) is 15.9. The Balaban J connectivity index is 3.04. The molecule has 0 aliphatic carbocycles. The van der Waals surface area contributed by atoms with Gasteiger partial charge in [-0.1, -0.05) is 20.8 Å². The lowest BCUT2D eigenvalue weighted by Crippen LogP contribution is -2.39. The van der Waals surface area contributed by atoms with Crippen molar-refractivity contribution in [3.8, 4) is 5.75 Å². The van der Waals surface area contributed by atoms with Crippen LogP contribution in [0.1, 0.15) is 26.3 Å². The number of nitrogens with two attached hydrogens (primary N) is 1. The van der Waals surface area contributed by atoms with Crippen molar-refractivity contribution in [2.45, 2.75) is 45.1 Å². The van der Waals surface area contributed by atoms with Gasteiger partial charge in [0.05, 0.1) is 11.3 Å². The highest BCUT2D eigenvalue weighted by Crippen LogP contribution is 2.35. The molecular weight excluding hydrogens is 271 g/mol. The summed E-state index contributed by atoms with van der Waals surface area (Å²) in [7, 11) is -1.91. The van der Waals surface area contributed by atoms with Crippen LogP contribution in [0.15, 0.2) is 18.2 Å². The molecule has 0 heterocycles. The van der Waals surface area contributed by atoms with Crippen LogP contribution in [0.5, 0.6) is 5.75 Å². The van der Waals surface area contributed by atoms with Gasteiger partial charge in [0.15, 0.2) is 0 Å². The Morgan fingerprint density at radius 3 is 2.00 bits per heavy atom. The van der Waals surface area contributed by atoms with Gasteiger partial charge < -0.3 is 10.2 Å². The van der Waals surface area contributed by atoms with Crippen LogP contribution in [0.4, 0.5) is 18.9 Å². The Kier molecular flexibility index (Phi) is 4.90. The Labute approximate surface area is 112 Å². The van der Waals surface area contributed by atoms with Crippen molar-refractivity contribution in [3.05, 3.63) is 23.8 Å². The topological polar surface area (TPSA) is 35.2 Å². The molecule has 19 heavy (non-hydrogen) atoms. The van der Waals surface area contributed by atoms with Gasteiger partial charge in [-0.25, -0.2) is 0 Å². The quantitative estimate of drug-likeness (QED) is 0.632. The zero-order valence-electron chi connectivity index (χ0n) is 11.5. The van der Waals surface area contributed by atoms with Crippen LogP contribution in [0, 0.1) is 0 Å². The summed E-state index contributed by atoms with van der Waals surface area (Å²) in [4.78, 5) is 0. The highest BCUT2D eigenvalue weighted by molar-refractivity contribution is 6.74. The molecule has 0 aliphatic rings. The molecule has 0 fully saturated rings. The molecule has 2 nitrogen and oxygen atoms in total. The van der Waals surface area contributed by atoms with Crippen LogP contribution in [0.25, 0.3) is 0 Å². The smallest absolute Gasteiger partial charge is 0.416 e. The first-order chi connectivity index (χ1) is 8.78. The van der Waals surface area contributed by atoms with E-state index >= 15 is 0 Å². The normalized spacial score (nSPS) is 12.5. The van der Waals surface area contributed by atoms with Crippen molar-refractivity contribution < 1.29 is 17.6 Å². The first-order valence-corrected chi connectivity index (χ1v) is 8.96. The Bertz CT molecular complexity index is 422. The summed E-state index contributed by atoms with van der Waals surface area (Å²) in [6.07, 6.45) is -4.37. The lowest BCUT2D eigenvalue weighted by Gasteiger charge is -2.29. The van der Waals surface area contributed by atoms with Gasteiger partial charge in [0.1, 0.15) is 5.75 Å². The lowest BCUT2D eigenvalue weighted by atomic mass is 10.2. The fraction of sp³-hybridized carbons (Fsp3) is 0.538. The number of anilines is 1. The van der Waals surface area contributed by atoms with E-state index < -0.39 is 20.1 Å². The van der Waals surface area contributed by atoms with E-state index in [9.17, 15) is 13.2 Å². The Morgan fingerprint density at radius 2 is 1.63 bits per heavy atom. The third kappa shape index (κ3) is 3.65. The molecule has 0 unspecified atom stereocenters. The molecule has 2 N–H and O–H groups in total. The summed E-state index contributed by atoms with van der Waals surface area (Å²) in [5, 5.41) is 0. The highest BCUT2D eigenvalue weighted by Gasteiger charge is 2.33. The minimum Gasteiger partial charge on any atom is -0.542 e. The van der Waals surface area contributed by atoms with Gasteiger partial charge in [0, 0.05) is 0 Å². The molecular formula is C13H20F3NOSi. The highest BCUT2D eigenvalue weighted by atomic mass is 28.4. The summed E-state index contributed by atoms with van der Waals surface area (Å²) < 4.78 is 43.6. The molecule has 1 aromatic carbocycles. The zero-order valence-corrected chi connectivity index (χ0v) is 12.5. The van der Waals surface area contributed by atoms with Crippen LogP contribution < -0.4 is 10.2 Å². The maximum Gasteiger partial charge on any atom is 0.416 e. The lowest BCUT2D eigenvalue weighted by molar-refractivity contribution is -0.137. The summed E-state index contributed by atoms with van der Waals surface area (Å²) >= 11 is 0. The van der Waals surface area contributed by atoms with Crippen LogP contribution in [-0.4, -0.2) is 8.32 Å². The summed E-state index contributed by atoms with van der Waals surface area (Å²) in [6, 6.07) is 6.05. The van der Waals surface area contributed by atoms with Crippen molar-refractivity contribution in [2.75, 3.05) is 5.73 Å². The van der Waals surface area contributed by atoms with Crippen LogP contribution >= 0.6 is 0 Å². The van der Waals surface area contributed by atoms with E-state index in [1.54, 1.807) is 0 Å². The van der Waals surface area contributed by atoms with Gasteiger partial charge in [-0.05, 0) is 36.3 Å². The van der Waals surface area contributed by atoms with E-state index in [0.717, 1.165) is 30.3 Å². The molecule has 108 valence electrons. The van der Waals surface area contributed by atoms with Gasteiger partial charge in [-0.3, -0.25) is 0 Å². The number of halogens is 3. The largest absolute Gasteiger partial charge is 0.542 e. The molecule has 1 aromatic rings. The van der Waals surface area contributed by atoms with Gasteiger partial charge >= 0.3 is 6.18 Å². The predicted octanol–water partition coefficient (Wildman–Crippen LogP) is 4.67. The molecule has 0 amide bonds. The van der Waals surface area contributed by atoms with Crippen molar-refractivity contribution in [1.29, 1.82) is 0 Å². The maximum absolute atomic E-state index is 12.5. The molecule has 0 spiro atoms. The van der Waals surface area contributed by atoms with Gasteiger partial charge in [-0.15, -0.1) is 0 Å². The number of alkyl halides is 3. The number of nitrogen functional groups attached to an aromatic ring is 1. The maximum atomic E-state index is 12.5. The van der Waals surface area contributed by atoms with E-state index in [-0.39, 0.29) is 5.69 Å². The number of rotatable bonds is 5. The second-order valence-electron chi connectivity index (χ2n) is 4.60. The zero-order chi connectivity index (χ0) is 14.7. The van der Waals surface area contributed by atoms with Gasteiger partial charge in [0.25, 0.3) is 8.32 Å². The minimum atomic E-state index is -4.37. The minimum absolute atomic E-state index is 0.0575. The molecule has 0 atom stereocenters. The van der Waals surface area contributed by atoms with E-state index in [0.29, 0.717) is 5.75 Å².